The molecule has 1 heterocycles. The number of rotatable bonds is 5. The molecule has 0 amide bonds. The van der Waals surface area contributed by atoms with Crippen molar-refractivity contribution in [3.05, 3.63) is 35.9 Å². The van der Waals surface area contributed by atoms with Crippen LogP contribution in [0.1, 0.15) is 5.56 Å². The van der Waals surface area contributed by atoms with Gasteiger partial charge in [0.15, 0.2) is 0 Å². The number of hydrogen-bond donors (Lipinski definition) is 0. The Bertz CT molecular complexity index is 620. The topological polar surface area (TPSA) is 66.4 Å². The van der Waals surface area contributed by atoms with Crippen LogP contribution >= 0.6 is 0 Å². The van der Waals surface area contributed by atoms with E-state index >= 15 is 0 Å². The van der Waals surface area contributed by atoms with Crippen molar-refractivity contribution < 1.29 is 39.8 Å². The molecule has 1 saturated heterocycles. The number of likely N-dealkylation sites (N-methyl/N-ethyl adjacent to an activating group) is 1. The first kappa shape index (κ1) is 21.8. The smallest absolute Gasteiger partial charge is 0.354 e. The lowest BCUT2D eigenvalue weighted by molar-refractivity contribution is -0.924. The molecule has 0 atom stereocenters. The van der Waals surface area contributed by atoms with E-state index in [0.29, 0.717) is 31.9 Å². The van der Waals surface area contributed by atoms with Crippen molar-refractivity contribution >= 4 is 10.1 Å². The third kappa shape index (κ3) is 8.61. The molecule has 10 heteroatoms. The van der Waals surface area contributed by atoms with Gasteiger partial charge in [-0.05, 0) is 5.56 Å². The van der Waals surface area contributed by atoms with Crippen molar-refractivity contribution in [2.24, 2.45) is 0 Å². The number of morpholine rings is 1. The molecule has 0 saturated carbocycles. The fraction of sp³-hybridized carbons (Fsp3) is 0.600. The van der Waals surface area contributed by atoms with E-state index in [4.69, 9.17) is 4.74 Å². The molecule has 1 fully saturated rings. The van der Waals surface area contributed by atoms with Gasteiger partial charge in [-0.2, -0.15) is 8.78 Å². The van der Waals surface area contributed by atoms with Crippen molar-refractivity contribution in [3.63, 3.8) is 0 Å². The Morgan fingerprint density at radius 2 is 1.72 bits per heavy atom. The maximum absolute atomic E-state index is 12.8. The van der Waals surface area contributed by atoms with Crippen LogP contribution in [0.3, 0.4) is 0 Å². The summed E-state index contributed by atoms with van der Waals surface area (Å²) >= 11 is 0. The third-order valence-corrected chi connectivity index (χ3v) is 4.34. The Hall–Kier alpha value is -1.23. The quantitative estimate of drug-likeness (QED) is 0.441. The lowest BCUT2D eigenvalue weighted by Gasteiger charge is -2.39. The van der Waals surface area contributed by atoms with Gasteiger partial charge < -0.3 is 13.8 Å². The average molecular weight is 387 g/mol. The Balaban J connectivity index is 0.000000257. The number of nitrogens with zero attached hydrogens (tertiary/aromatic N) is 1. The predicted octanol–water partition coefficient (Wildman–Crippen LogP) is 2.10. The number of quaternary nitrogens is 1. The largest absolute Gasteiger partial charge is 0.748 e. The monoisotopic (exact) mass is 387 g/mol. The van der Waals surface area contributed by atoms with Crippen molar-refractivity contribution in [1.82, 2.24) is 0 Å². The van der Waals surface area contributed by atoms with Crippen molar-refractivity contribution in [3.8, 4) is 0 Å². The van der Waals surface area contributed by atoms with E-state index in [0.717, 1.165) is 0 Å². The average Bonchev–Trinajstić information content (AvgIpc) is 2.46. The van der Waals surface area contributed by atoms with E-state index in [-0.39, 0.29) is 4.48 Å². The summed E-state index contributed by atoms with van der Waals surface area (Å²) in [6.45, 7) is 0.629. The Morgan fingerprint density at radius 3 is 2.16 bits per heavy atom. The highest BCUT2D eigenvalue weighted by Crippen LogP contribution is 2.27. The molecule has 0 radical (unpaired) electrons. The molecule has 0 bridgehead atoms. The molecule has 1 aromatic carbocycles. The molecule has 1 aliphatic heterocycles. The second-order valence-electron chi connectivity index (χ2n) is 6.09. The molecular formula is C15H21F4NO4S. The fourth-order valence-electron chi connectivity index (χ4n) is 2.30. The van der Waals surface area contributed by atoms with Gasteiger partial charge in [0, 0.05) is 0 Å². The van der Waals surface area contributed by atoms with Crippen LogP contribution in [0, 0.1) is 0 Å². The number of hydrogen-bond acceptors (Lipinski definition) is 4. The second kappa shape index (κ2) is 8.93. The van der Waals surface area contributed by atoms with E-state index in [1.54, 1.807) is 37.4 Å². The highest BCUT2D eigenvalue weighted by atomic mass is 32.2. The van der Waals surface area contributed by atoms with Gasteiger partial charge in [-0.25, -0.2) is 17.2 Å². The SMILES string of the molecule is C[N+]1(CC(F)(F)C(F)F)CCOCC1.O=S(=O)([O-])Cc1ccccc1. The lowest BCUT2D eigenvalue weighted by Crippen LogP contribution is -2.58. The first-order valence-electron chi connectivity index (χ1n) is 7.48. The van der Waals surface area contributed by atoms with E-state index in [1.807, 2.05) is 0 Å². The third-order valence-electron chi connectivity index (χ3n) is 3.65. The Labute approximate surface area is 144 Å². The van der Waals surface area contributed by atoms with Crippen LogP contribution in [0.25, 0.3) is 0 Å². The lowest BCUT2D eigenvalue weighted by atomic mass is 10.2. The van der Waals surface area contributed by atoms with Gasteiger partial charge in [0.25, 0.3) is 0 Å². The van der Waals surface area contributed by atoms with Gasteiger partial charge in [0.2, 0.25) is 0 Å². The molecule has 2 rings (SSSR count). The minimum atomic E-state index is -4.13. The highest BCUT2D eigenvalue weighted by Gasteiger charge is 2.48. The van der Waals surface area contributed by atoms with Crippen molar-refractivity contribution in [2.45, 2.75) is 18.1 Å². The van der Waals surface area contributed by atoms with E-state index < -0.39 is 34.8 Å². The molecule has 1 aromatic rings. The summed E-state index contributed by atoms with van der Waals surface area (Å²) in [4.78, 5) is 0. The molecule has 144 valence electrons. The number of ether oxygens (including phenoxy) is 1. The number of benzene rings is 1. The minimum absolute atomic E-state index is 0.0443. The summed E-state index contributed by atoms with van der Waals surface area (Å²) in [5.74, 6) is -4.32. The standard InChI is InChI=1S/C8H14F4NO.C7H8O3S/c1-13(2-4-14-5-3-13)6-8(11,12)7(9)10;8-11(9,10)6-7-4-2-1-3-5-7/h7H,2-6H2,1H3;1-5H,6H2,(H,8,9,10)/q+1;/p-1. The maximum Gasteiger partial charge on any atom is 0.354 e. The maximum atomic E-state index is 12.8. The number of alkyl halides is 4. The predicted molar refractivity (Wildman–Crippen MR) is 82.4 cm³/mol. The van der Waals surface area contributed by atoms with Crippen molar-refractivity contribution in [1.29, 1.82) is 0 Å². The van der Waals surface area contributed by atoms with Gasteiger partial charge in [-0.15, -0.1) is 0 Å². The fourth-order valence-corrected chi connectivity index (χ4v) is 2.90. The molecule has 1 aliphatic rings. The van der Waals surface area contributed by atoms with E-state index in [1.165, 1.54) is 0 Å². The zero-order valence-corrected chi connectivity index (χ0v) is 14.5. The summed E-state index contributed by atoms with van der Waals surface area (Å²) in [7, 11) is -2.57. The molecule has 0 unspecified atom stereocenters. The van der Waals surface area contributed by atoms with Gasteiger partial charge >= 0.3 is 12.3 Å². The first-order valence-corrected chi connectivity index (χ1v) is 9.06. The zero-order chi connectivity index (χ0) is 19.1. The summed E-state index contributed by atoms with van der Waals surface area (Å²) in [6, 6.07) is 8.37. The summed E-state index contributed by atoms with van der Waals surface area (Å²) < 4.78 is 85.1. The molecule has 25 heavy (non-hydrogen) atoms. The molecular weight excluding hydrogens is 366 g/mol. The Morgan fingerprint density at radius 1 is 1.20 bits per heavy atom. The highest BCUT2D eigenvalue weighted by molar-refractivity contribution is 7.84. The minimum Gasteiger partial charge on any atom is -0.748 e. The van der Waals surface area contributed by atoms with Crippen LogP contribution in [0.5, 0.6) is 0 Å². The van der Waals surface area contributed by atoms with Crippen LogP contribution < -0.4 is 0 Å². The zero-order valence-electron chi connectivity index (χ0n) is 13.7. The van der Waals surface area contributed by atoms with Gasteiger partial charge in [-0.1, -0.05) is 30.3 Å². The van der Waals surface area contributed by atoms with Crippen molar-refractivity contribution in [2.75, 3.05) is 39.9 Å². The summed E-state index contributed by atoms with van der Waals surface area (Å²) in [6.07, 6.45) is -3.58. The molecule has 0 N–H and O–H groups in total. The van der Waals surface area contributed by atoms with Gasteiger partial charge in [0.1, 0.15) is 19.6 Å². The van der Waals surface area contributed by atoms with E-state index in [9.17, 15) is 30.5 Å². The van der Waals surface area contributed by atoms with Gasteiger partial charge in [-0.3, -0.25) is 0 Å². The van der Waals surface area contributed by atoms with Crippen LogP contribution in [0.2, 0.25) is 0 Å². The molecule has 0 aromatic heterocycles. The van der Waals surface area contributed by atoms with Crippen LogP contribution in [-0.2, 0) is 20.6 Å². The van der Waals surface area contributed by atoms with E-state index in [2.05, 4.69) is 0 Å². The molecule has 0 aliphatic carbocycles. The normalized spacial score (nSPS) is 17.7. The molecule has 0 spiro atoms. The van der Waals surface area contributed by atoms with Crippen LogP contribution in [0.15, 0.2) is 30.3 Å². The number of halogens is 4. The second-order valence-corrected chi connectivity index (χ2v) is 7.49. The van der Waals surface area contributed by atoms with Crippen LogP contribution in [-0.4, -0.2) is 69.7 Å². The Kier molecular flexibility index (Phi) is 7.79. The van der Waals surface area contributed by atoms with Gasteiger partial charge in [0.05, 0.1) is 36.1 Å². The first-order chi connectivity index (χ1) is 11.4. The summed E-state index contributed by atoms with van der Waals surface area (Å²) in [5.41, 5.74) is 0.530. The molecule has 5 nitrogen and oxygen atoms in total. The summed E-state index contributed by atoms with van der Waals surface area (Å²) in [5, 5.41) is 0. The van der Waals surface area contributed by atoms with Crippen LogP contribution in [0.4, 0.5) is 17.6 Å².